The highest BCUT2D eigenvalue weighted by Gasteiger charge is 2.26. The number of nitrogens with two attached hydrogens (primary N) is 1. The summed E-state index contributed by atoms with van der Waals surface area (Å²) in [5, 5.41) is 7.51. The number of carbonyl (C=O) groups is 2. The van der Waals surface area contributed by atoms with E-state index >= 15 is 0 Å². The van der Waals surface area contributed by atoms with Gasteiger partial charge in [0.05, 0.1) is 17.2 Å². The second-order valence-electron chi connectivity index (χ2n) is 7.24. The highest BCUT2D eigenvalue weighted by Crippen LogP contribution is 2.40. The van der Waals surface area contributed by atoms with E-state index in [0.29, 0.717) is 30.2 Å². The van der Waals surface area contributed by atoms with E-state index < -0.39 is 16.5 Å². The van der Waals surface area contributed by atoms with E-state index in [4.69, 9.17) is 5.73 Å². The van der Waals surface area contributed by atoms with Gasteiger partial charge in [0.15, 0.2) is 5.82 Å². The van der Waals surface area contributed by atoms with Crippen LogP contribution in [0.1, 0.15) is 20.7 Å². The third kappa shape index (κ3) is 4.71. The molecule has 0 unspecified atom stereocenters. The molecule has 3 aromatic rings. The minimum absolute atomic E-state index is 0.160. The van der Waals surface area contributed by atoms with Gasteiger partial charge in [-0.25, -0.2) is 4.68 Å². The second kappa shape index (κ2) is 8.42. The molecule has 2 aromatic carbocycles. The first-order valence-electron chi connectivity index (χ1n) is 9.67. The molecule has 1 aromatic heterocycles. The smallest absolute Gasteiger partial charge is 0.254 e. The van der Waals surface area contributed by atoms with Crippen molar-refractivity contribution in [3.63, 3.8) is 0 Å². The van der Waals surface area contributed by atoms with Crippen LogP contribution < -0.4 is 11.1 Å². The van der Waals surface area contributed by atoms with Crippen LogP contribution in [0.2, 0.25) is 0 Å². The maximum absolute atomic E-state index is 12.7. The summed E-state index contributed by atoms with van der Waals surface area (Å²) >= 11 is 0. The summed E-state index contributed by atoms with van der Waals surface area (Å²) in [5.74, 6) is -0.0340. The lowest BCUT2D eigenvalue weighted by Crippen LogP contribution is -2.42. The van der Waals surface area contributed by atoms with Crippen molar-refractivity contribution in [2.24, 2.45) is 5.73 Å². The molecule has 0 radical (unpaired) electrons. The Balaban J connectivity index is 1.50. The van der Waals surface area contributed by atoms with Gasteiger partial charge in [0.25, 0.3) is 11.8 Å². The van der Waals surface area contributed by atoms with Gasteiger partial charge in [-0.05, 0) is 36.4 Å². The van der Waals surface area contributed by atoms with E-state index in [-0.39, 0.29) is 23.0 Å². The number of hydrogen-bond donors (Lipinski definition) is 4. The lowest BCUT2D eigenvalue weighted by molar-refractivity contribution is 0.0767. The van der Waals surface area contributed by atoms with Crippen molar-refractivity contribution >= 4 is 33.9 Å². The van der Waals surface area contributed by atoms with Gasteiger partial charge in [0.1, 0.15) is 5.56 Å². The van der Waals surface area contributed by atoms with E-state index in [1.165, 1.54) is 0 Å². The summed E-state index contributed by atoms with van der Waals surface area (Å²) in [7, 11) is -2.55. The summed E-state index contributed by atoms with van der Waals surface area (Å²) in [6.07, 6.45) is 1.57. The molecule has 0 aliphatic carbocycles. The number of amides is 2. The zero-order valence-corrected chi connectivity index (χ0v) is 17.5. The summed E-state index contributed by atoms with van der Waals surface area (Å²) < 4.78 is 21.0. The standard InChI is InChI=1S/C21H23N5O4S/c22-19(27)18-14-26(17-4-2-1-3-5-17)24-20(18)23-16-8-6-15(7-9-16)21(28)25-10-12-31(29,30)13-11-25/h1-9,14,29-30H,10-13H2,(H2,22,27)(H,23,24). The average Bonchev–Trinajstić information content (AvgIpc) is 3.19. The van der Waals surface area contributed by atoms with Crippen molar-refractivity contribution in [1.82, 2.24) is 14.7 Å². The van der Waals surface area contributed by atoms with Gasteiger partial charge < -0.3 is 16.0 Å². The molecule has 2 amide bonds. The van der Waals surface area contributed by atoms with E-state index in [1.807, 2.05) is 30.3 Å². The number of rotatable bonds is 5. The number of primary amides is 1. The van der Waals surface area contributed by atoms with Gasteiger partial charge >= 0.3 is 0 Å². The molecule has 1 saturated heterocycles. The zero-order valence-electron chi connectivity index (χ0n) is 16.6. The number of anilines is 2. The van der Waals surface area contributed by atoms with Crippen LogP contribution in [-0.2, 0) is 0 Å². The highest BCUT2D eigenvalue weighted by molar-refractivity contribution is 8.24. The maximum atomic E-state index is 12.7. The Labute approximate surface area is 180 Å². The van der Waals surface area contributed by atoms with Gasteiger partial charge in [-0.2, -0.15) is 10.6 Å². The third-order valence-electron chi connectivity index (χ3n) is 5.06. The van der Waals surface area contributed by atoms with Crippen LogP contribution in [0.15, 0.2) is 60.8 Å². The molecular formula is C21H23N5O4S. The second-order valence-corrected chi connectivity index (χ2v) is 9.66. The Morgan fingerprint density at radius 1 is 1.00 bits per heavy atom. The van der Waals surface area contributed by atoms with E-state index in [0.717, 1.165) is 5.69 Å². The normalized spacial score (nSPS) is 16.5. The van der Waals surface area contributed by atoms with Crippen LogP contribution in [0.25, 0.3) is 5.69 Å². The van der Waals surface area contributed by atoms with E-state index in [9.17, 15) is 18.7 Å². The molecule has 2 heterocycles. The fraction of sp³-hybridized carbons (Fsp3) is 0.190. The van der Waals surface area contributed by atoms with Crippen LogP contribution in [-0.4, -0.2) is 60.2 Å². The minimum Gasteiger partial charge on any atom is -0.365 e. The van der Waals surface area contributed by atoms with Gasteiger partial charge in [-0.1, -0.05) is 18.2 Å². The van der Waals surface area contributed by atoms with Gasteiger partial charge in [-0.3, -0.25) is 18.7 Å². The van der Waals surface area contributed by atoms with Gasteiger partial charge in [0, 0.05) is 30.5 Å². The molecule has 4 rings (SSSR count). The minimum atomic E-state index is -2.55. The maximum Gasteiger partial charge on any atom is 0.254 e. The van der Waals surface area contributed by atoms with Gasteiger partial charge in [0.2, 0.25) is 0 Å². The number of nitrogens with one attached hydrogen (secondary N) is 1. The monoisotopic (exact) mass is 441 g/mol. The Kier molecular flexibility index (Phi) is 5.68. The summed E-state index contributed by atoms with van der Waals surface area (Å²) in [4.78, 5) is 26.1. The van der Waals surface area contributed by atoms with Crippen LogP contribution >= 0.6 is 10.6 Å². The number of benzene rings is 2. The molecular weight excluding hydrogens is 418 g/mol. The molecule has 1 aliphatic rings. The fourth-order valence-corrected chi connectivity index (χ4v) is 4.53. The topological polar surface area (TPSA) is 134 Å². The molecule has 5 N–H and O–H groups in total. The molecule has 162 valence electrons. The van der Waals surface area contributed by atoms with Crippen molar-refractivity contribution in [2.75, 3.05) is 29.9 Å². The number of hydrogen-bond acceptors (Lipinski definition) is 6. The predicted molar refractivity (Wildman–Crippen MR) is 120 cm³/mol. The van der Waals surface area contributed by atoms with Crippen LogP contribution in [0.3, 0.4) is 0 Å². The number of para-hydroxylation sites is 1. The molecule has 0 bridgehead atoms. The molecule has 0 spiro atoms. The largest absolute Gasteiger partial charge is 0.365 e. The zero-order chi connectivity index (χ0) is 22.0. The Morgan fingerprint density at radius 3 is 2.26 bits per heavy atom. The molecule has 1 aliphatic heterocycles. The summed E-state index contributed by atoms with van der Waals surface area (Å²) in [5.41, 5.74) is 7.68. The van der Waals surface area contributed by atoms with Crippen molar-refractivity contribution in [2.45, 2.75) is 0 Å². The number of aromatic nitrogens is 2. The third-order valence-corrected chi connectivity index (χ3v) is 6.73. The van der Waals surface area contributed by atoms with Crippen LogP contribution in [0.5, 0.6) is 0 Å². The highest BCUT2D eigenvalue weighted by atomic mass is 32.3. The van der Waals surface area contributed by atoms with E-state index in [2.05, 4.69) is 10.4 Å². The molecule has 31 heavy (non-hydrogen) atoms. The predicted octanol–water partition coefficient (Wildman–Crippen LogP) is 2.92. The molecule has 0 atom stereocenters. The Morgan fingerprint density at radius 2 is 1.65 bits per heavy atom. The number of nitrogens with zero attached hydrogens (tertiary/aromatic N) is 3. The van der Waals surface area contributed by atoms with Crippen LogP contribution in [0, 0.1) is 0 Å². The fourth-order valence-electron chi connectivity index (χ4n) is 3.30. The molecule has 1 fully saturated rings. The first kappa shape index (κ1) is 20.9. The Hall–Kier alpha value is -3.34. The van der Waals surface area contributed by atoms with Crippen molar-refractivity contribution in [3.8, 4) is 5.69 Å². The van der Waals surface area contributed by atoms with Gasteiger partial charge in [-0.15, -0.1) is 5.10 Å². The first-order valence-corrected chi connectivity index (χ1v) is 11.6. The molecule has 9 nitrogen and oxygen atoms in total. The SMILES string of the molecule is NC(=O)c1cn(-c2ccccc2)nc1Nc1ccc(C(=O)N2CCS(O)(O)CC2)cc1. The average molecular weight is 442 g/mol. The quantitative estimate of drug-likeness (QED) is 0.481. The number of carbonyl (C=O) groups excluding carboxylic acids is 2. The van der Waals surface area contributed by atoms with E-state index in [1.54, 1.807) is 40.0 Å². The van der Waals surface area contributed by atoms with Crippen LogP contribution in [0.4, 0.5) is 11.5 Å². The van der Waals surface area contributed by atoms with Crippen molar-refractivity contribution < 1.29 is 18.7 Å². The molecule has 10 heteroatoms. The lowest BCUT2D eigenvalue weighted by Gasteiger charge is -2.40. The van der Waals surface area contributed by atoms with Crippen molar-refractivity contribution in [1.29, 1.82) is 0 Å². The first-order chi connectivity index (χ1) is 14.8. The van der Waals surface area contributed by atoms with Crippen molar-refractivity contribution in [3.05, 3.63) is 71.9 Å². The summed E-state index contributed by atoms with van der Waals surface area (Å²) in [6, 6.07) is 16.1. The molecule has 0 saturated carbocycles. The summed E-state index contributed by atoms with van der Waals surface area (Å²) in [6.45, 7) is 0.639. The Bertz CT molecular complexity index is 1090. The lowest BCUT2D eigenvalue weighted by atomic mass is 10.1.